The Morgan fingerprint density at radius 1 is 1.35 bits per heavy atom. The van der Waals surface area contributed by atoms with Gasteiger partial charge in [-0.15, -0.1) is 11.3 Å². The fourth-order valence-electron chi connectivity index (χ4n) is 1.88. The second kappa shape index (κ2) is 6.56. The average Bonchev–Trinajstić information content (AvgIpc) is 2.77. The fraction of sp³-hybridized carbons (Fsp3) is 0.714. The van der Waals surface area contributed by atoms with Crippen LogP contribution in [0.1, 0.15) is 44.6 Å². The lowest BCUT2D eigenvalue weighted by Gasteiger charge is -2.34. The van der Waals surface area contributed by atoms with Crippen molar-refractivity contribution in [2.45, 2.75) is 58.0 Å². The molecule has 1 heterocycles. The first-order valence-electron chi connectivity index (χ1n) is 6.95. The molecule has 4 nitrogen and oxygen atoms in total. The second-order valence-corrected chi connectivity index (χ2v) is 8.46. The first kappa shape index (κ1) is 17.6. The van der Waals surface area contributed by atoms with E-state index in [1.165, 1.54) is 15.6 Å². The Morgan fingerprint density at radius 3 is 2.45 bits per heavy atom. The summed E-state index contributed by atoms with van der Waals surface area (Å²) in [6.45, 7) is 11.2. The third-order valence-corrected chi connectivity index (χ3v) is 7.39. The highest BCUT2D eigenvalue weighted by atomic mass is 32.2. The lowest BCUT2D eigenvalue weighted by Crippen LogP contribution is -2.44. The second-order valence-electron chi connectivity index (χ2n) is 5.59. The van der Waals surface area contributed by atoms with E-state index >= 15 is 0 Å². The summed E-state index contributed by atoms with van der Waals surface area (Å²) in [6, 6.07) is 0. The molecule has 20 heavy (non-hydrogen) atoms. The zero-order valence-corrected chi connectivity index (χ0v) is 14.9. The average molecular weight is 319 g/mol. The van der Waals surface area contributed by atoms with Gasteiger partial charge < -0.3 is 5.32 Å². The van der Waals surface area contributed by atoms with Crippen LogP contribution >= 0.6 is 11.3 Å². The molecule has 0 saturated carbocycles. The van der Waals surface area contributed by atoms with Gasteiger partial charge in [-0.3, -0.25) is 0 Å². The van der Waals surface area contributed by atoms with Crippen molar-refractivity contribution in [2.24, 2.45) is 0 Å². The van der Waals surface area contributed by atoms with E-state index in [1.807, 2.05) is 40.0 Å². The van der Waals surface area contributed by atoms with E-state index in [4.69, 9.17) is 0 Å². The molecule has 0 saturated heterocycles. The first-order chi connectivity index (χ1) is 9.18. The summed E-state index contributed by atoms with van der Waals surface area (Å²) in [5.74, 6) is 0. The number of aryl methyl sites for hydroxylation is 1. The molecule has 1 N–H and O–H groups in total. The highest BCUT2D eigenvalue weighted by Crippen LogP contribution is 2.32. The maximum Gasteiger partial charge on any atom is 0.244 e. The van der Waals surface area contributed by atoms with Crippen molar-refractivity contribution in [3.05, 3.63) is 15.8 Å². The Hall–Kier alpha value is -0.430. The van der Waals surface area contributed by atoms with Gasteiger partial charge in [-0.1, -0.05) is 13.8 Å². The molecular weight excluding hydrogens is 292 g/mol. The van der Waals surface area contributed by atoms with E-state index in [9.17, 15) is 8.42 Å². The van der Waals surface area contributed by atoms with E-state index < -0.39 is 10.0 Å². The van der Waals surface area contributed by atoms with Crippen LogP contribution in [0.4, 0.5) is 0 Å². The summed E-state index contributed by atoms with van der Waals surface area (Å²) in [7, 11) is -1.78. The van der Waals surface area contributed by atoms with Gasteiger partial charge >= 0.3 is 0 Å². The van der Waals surface area contributed by atoms with Crippen molar-refractivity contribution in [3.63, 3.8) is 0 Å². The molecule has 0 amide bonds. The smallest absolute Gasteiger partial charge is 0.244 e. The number of nitrogens with one attached hydrogen (secondary N) is 1. The van der Waals surface area contributed by atoms with Gasteiger partial charge in [0.25, 0.3) is 0 Å². The standard InChI is InChI=1S/C14H26N2O2S2/c1-7-14(4,5)16(6)20(17,18)13-11(3)10-19-12(13)9-15-8-2/h10,15H,7-9H2,1-6H3. The Morgan fingerprint density at radius 2 is 1.95 bits per heavy atom. The lowest BCUT2D eigenvalue weighted by molar-refractivity contribution is 0.257. The van der Waals surface area contributed by atoms with E-state index in [0.29, 0.717) is 11.4 Å². The molecule has 0 aliphatic rings. The molecule has 0 spiro atoms. The van der Waals surface area contributed by atoms with Crippen molar-refractivity contribution < 1.29 is 8.42 Å². The Balaban J connectivity index is 3.25. The zero-order chi connectivity index (χ0) is 15.6. The molecule has 6 heteroatoms. The van der Waals surface area contributed by atoms with Crippen LogP contribution < -0.4 is 5.32 Å². The first-order valence-corrected chi connectivity index (χ1v) is 9.27. The lowest BCUT2D eigenvalue weighted by atomic mass is 10.0. The molecule has 0 radical (unpaired) electrons. The van der Waals surface area contributed by atoms with Crippen molar-refractivity contribution in [1.29, 1.82) is 0 Å². The molecule has 0 aliphatic carbocycles. The van der Waals surface area contributed by atoms with Crippen molar-refractivity contribution in [1.82, 2.24) is 9.62 Å². The predicted molar refractivity (Wildman–Crippen MR) is 85.8 cm³/mol. The van der Waals surface area contributed by atoms with Crippen LogP contribution in [-0.4, -0.2) is 31.9 Å². The summed E-state index contributed by atoms with van der Waals surface area (Å²) in [6.07, 6.45) is 0.772. The molecule has 0 fully saturated rings. The molecule has 1 aromatic heterocycles. The summed E-state index contributed by atoms with van der Waals surface area (Å²) < 4.78 is 27.3. The molecule has 0 aliphatic heterocycles. The molecule has 0 unspecified atom stereocenters. The minimum absolute atomic E-state index is 0.386. The SMILES string of the molecule is CCNCc1scc(C)c1S(=O)(=O)N(C)C(C)(C)CC. The van der Waals surface area contributed by atoms with Gasteiger partial charge in [0.05, 0.1) is 0 Å². The van der Waals surface area contributed by atoms with Crippen LogP contribution in [0.5, 0.6) is 0 Å². The van der Waals surface area contributed by atoms with Crippen molar-refractivity contribution in [3.8, 4) is 0 Å². The topological polar surface area (TPSA) is 49.4 Å². The van der Waals surface area contributed by atoms with Crippen LogP contribution in [0.25, 0.3) is 0 Å². The number of sulfonamides is 1. The Bertz CT molecular complexity index is 548. The normalized spacial score (nSPS) is 13.2. The predicted octanol–water partition coefficient (Wildman–Crippen LogP) is 2.98. The Kier molecular flexibility index (Phi) is 5.78. The number of thiophene rings is 1. The number of nitrogens with zero attached hydrogens (tertiary/aromatic N) is 1. The van der Waals surface area contributed by atoms with Gasteiger partial charge in [-0.25, -0.2) is 8.42 Å². The minimum atomic E-state index is -3.45. The van der Waals surface area contributed by atoms with Crippen LogP contribution in [-0.2, 0) is 16.6 Å². The van der Waals surface area contributed by atoms with Crippen LogP contribution in [0.3, 0.4) is 0 Å². The Labute approximate surface area is 127 Å². The van der Waals surface area contributed by atoms with Gasteiger partial charge in [0.15, 0.2) is 0 Å². The van der Waals surface area contributed by atoms with Crippen molar-refractivity contribution in [2.75, 3.05) is 13.6 Å². The van der Waals surface area contributed by atoms with Crippen LogP contribution in [0.2, 0.25) is 0 Å². The zero-order valence-electron chi connectivity index (χ0n) is 13.3. The molecule has 1 rings (SSSR count). The molecule has 1 aromatic rings. The summed E-state index contributed by atoms with van der Waals surface area (Å²) in [5, 5.41) is 5.13. The third kappa shape index (κ3) is 3.42. The number of rotatable bonds is 7. The fourth-order valence-corrected chi connectivity index (χ4v) is 5.18. The molecule has 0 bridgehead atoms. The maximum absolute atomic E-state index is 12.9. The number of hydrogen-bond acceptors (Lipinski definition) is 4. The van der Waals surface area contributed by atoms with Gasteiger partial charge in [0.1, 0.15) is 4.90 Å². The van der Waals surface area contributed by atoms with E-state index in [2.05, 4.69) is 5.32 Å². The largest absolute Gasteiger partial charge is 0.312 e. The van der Waals surface area contributed by atoms with Gasteiger partial charge in [-0.2, -0.15) is 4.31 Å². The van der Waals surface area contributed by atoms with Gasteiger partial charge in [0, 0.05) is 24.0 Å². The van der Waals surface area contributed by atoms with E-state index in [-0.39, 0.29) is 5.54 Å². The quantitative estimate of drug-likeness (QED) is 0.841. The monoisotopic (exact) mass is 318 g/mol. The minimum Gasteiger partial charge on any atom is -0.312 e. The molecule has 0 aromatic carbocycles. The van der Waals surface area contributed by atoms with E-state index in [1.54, 1.807) is 7.05 Å². The number of hydrogen-bond donors (Lipinski definition) is 1. The highest BCUT2D eigenvalue weighted by molar-refractivity contribution is 7.89. The summed E-state index contributed by atoms with van der Waals surface area (Å²) in [4.78, 5) is 1.37. The van der Waals surface area contributed by atoms with Crippen LogP contribution in [0.15, 0.2) is 10.3 Å². The van der Waals surface area contributed by atoms with E-state index in [0.717, 1.165) is 23.4 Å². The van der Waals surface area contributed by atoms with Crippen molar-refractivity contribution >= 4 is 21.4 Å². The molecule has 0 atom stereocenters. The highest BCUT2D eigenvalue weighted by Gasteiger charge is 2.35. The summed E-state index contributed by atoms with van der Waals surface area (Å²) >= 11 is 1.51. The van der Waals surface area contributed by atoms with Crippen LogP contribution in [0, 0.1) is 6.92 Å². The molecular formula is C14H26N2O2S2. The summed E-state index contributed by atoms with van der Waals surface area (Å²) in [5.41, 5.74) is 0.449. The van der Waals surface area contributed by atoms with Gasteiger partial charge in [-0.05, 0) is 44.7 Å². The van der Waals surface area contributed by atoms with Gasteiger partial charge in [0.2, 0.25) is 10.0 Å². The maximum atomic E-state index is 12.9. The third-order valence-electron chi connectivity index (χ3n) is 3.86. The molecule has 116 valence electrons.